The molecule has 1 unspecified atom stereocenters. The van der Waals surface area contributed by atoms with E-state index in [0.29, 0.717) is 12.6 Å². The minimum atomic E-state index is 0. The van der Waals surface area contributed by atoms with E-state index in [0.717, 1.165) is 12.0 Å². The zero-order valence-electron chi connectivity index (χ0n) is 5.92. The SMILES string of the molecule is Cl.OCC1CC2CC(C2)N1. The van der Waals surface area contributed by atoms with Crippen LogP contribution in [0.5, 0.6) is 0 Å². The lowest BCUT2D eigenvalue weighted by Gasteiger charge is -2.45. The van der Waals surface area contributed by atoms with E-state index in [9.17, 15) is 0 Å². The Hall–Kier alpha value is 0.210. The van der Waals surface area contributed by atoms with Crippen molar-refractivity contribution in [1.82, 2.24) is 5.32 Å². The van der Waals surface area contributed by atoms with Crippen molar-refractivity contribution in [3.05, 3.63) is 0 Å². The average Bonchev–Trinajstić information content (AvgIpc) is 1.87. The van der Waals surface area contributed by atoms with Crippen molar-refractivity contribution in [3.8, 4) is 0 Å². The second-order valence-corrected chi connectivity index (χ2v) is 3.32. The molecule has 2 N–H and O–H groups in total. The molecule has 10 heavy (non-hydrogen) atoms. The second kappa shape index (κ2) is 3.07. The first-order valence-corrected chi connectivity index (χ1v) is 3.75. The molecule has 2 nitrogen and oxygen atoms in total. The topological polar surface area (TPSA) is 32.3 Å². The molecular weight excluding hydrogens is 150 g/mol. The average molecular weight is 164 g/mol. The number of aliphatic hydroxyl groups is 1. The van der Waals surface area contributed by atoms with Gasteiger partial charge in [-0.3, -0.25) is 0 Å². The Kier molecular flexibility index (Phi) is 2.55. The van der Waals surface area contributed by atoms with Crippen molar-refractivity contribution < 1.29 is 5.11 Å². The lowest BCUT2D eigenvalue weighted by atomic mass is 9.72. The molecule has 2 aliphatic heterocycles. The van der Waals surface area contributed by atoms with Crippen molar-refractivity contribution in [3.63, 3.8) is 0 Å². The number of halogens is 1. The Morgan fingerprint density at radius 1 is 1.30 bits per heavy atom. The van der Waals surface area contributed by atoms with Crippen LogP contribution in [0.2, 0.25) is 0 Å². The summed E-state index contributed by atoms with van der Waals surface area (Å²) in [6.45, 7) is 0.326. The van der Waals surface area contributed by atoms with Crippen LogP contribution in [0.1, 0.15) is 19.3 Å². The summed E-state index contributed by atoms with van der Waals surface area (Å²) >= 11 is 0. The summed E-state index contributed by atoms with van der Waals surface area (Å²) in [5.41, 5.74) is 0. The quantitative estimate of drug-likeness (QED) is 0.592. The zero-order chi connectivity index (χ0) is 6.27. The van der Waals surface area contributed by atoms with Crippen LogP contribution >= 0.6 is 12.4 Å². The third-order valence-corrected chi connectivity index (χ3v) is 2.55. The summed E-state index contributed by atoms with van der Waals surface area (Å²) in [7, 11) is 0. The molecule has 0 amide bonds. The van der Waals surface area contributed by atoms with E-state index in [1.165, 1.54) is 19.3 Å². The number of piperidine rings is 2. The van der Waals surface area contributed by atoms with Gasteiger partial charge in [-0.25, -0.2) is 0 Å². The molecule has 0 aromatic rings. The first-order chi connectivity index (χ1) is 4.38. The van der Waals surface area contributed by atoms with E-state index in [1.807, 2.05) is 0 Å². The Balaban J connectivity index is 0.000000500. The van der Waals surface area contributed by atoms with E-state index < -0.39 is 0 Å². The molecule has 0 aromatic carbocycles. The van der Waals surface area contributed by atoms with Gasteiger partial charge in [0.25, 0.3) is 0 Å². The molecule has 1 saturated carbocycles. The van der Waals surface area contributed by atoms with Crippen LogP contribution in [-0.2, 0) is 0 Å². The first-order valence-electron chi connectivity index (χ1n) is 3.75. The van der Waals surface area contributed by atoms with Crippen LogP contribution in [0.25, 0.3) is 0 Å². The molecule has 60 valence electrons. The monoisotopic (exact) mass is 163 g/mol. The van der Waals surface area contributed by atoms with Gasteiger partial charge in [0.1, 0.15) is 0 Å². The fraction of sp³-hybridized carbons (Fsp3) is 1.00. The predicted molar refractivity (Wildman–Crippen MR) is 42.4 cm³/mol. The molecule has 1 aliphatic carbocycles. The maximum absolute atomic E-state index is 8.77. The summed E-state index contributed by atoms with van der Waals surface area (Å²) in [5.74, 6) is 0.938. The van der Waals surface area contributed by atoms with Gasteiger partial charge in [-0.1, -0.05) is 0 Å². The minimum Gasteiger partial charge on any atom is -0.395 e. The molecule has 2 bridgehead atoms. The van der Waals surface area contributed by atoms with Crippen molar-refractivity contribution >= 4 is 12.4 Å². The molecule has 1 atom stereocenters. The highest BCUT2D eigenvalue weighted by Crippen LogP contribution is 2.36. The van der Waals surface area contributed by atoms with E-state index in [4.69, 9.17) is 5.11 Å². The van der Waals surface area contributed by atoms with Crippen LogP contribution in [0.4, 0.5) is 0 Å². The van der Waals surface area contributed by atoms with Gasteiger partial charge in [-0.05, 0) is 25.2 Å². The number of hydrogen-bond donors (Lipinski definition) is 2. The molecule has 3 heteroatoms. The van der Waals surface area contributed by atoms with Gasteiger partial charge < -0.3 is 10.4 Å². The van der Waals surface area contributed by atoms with Gasteiger partial charge in [0.2, 0.25) is 0 Å². The van der Waals surface area contributed by atoms with Crippen LogP contribution in [0, 0.1) is 5.92 Å². The molecular formula is C7H14ClNO. The normalized spacial score (nSPS) is 43.5. The number of fused-ring (bicyclic) bond motifs is 2. The van der Waals surface area contributed by atoms with Gasteiger partial charge in [-0.15, -0.1) is 12.4 Å². The number of hydrogen-bond acceptors (Lipinski definition) is 2. The Morgan fingerprint density at radius 2 is 2.00 bits per heavy atom. The van der Waals surface area contributed by atoms with Crippen LogP contribution in [0.15, 0.2) is 0 Å². The maximum Gasteiger partial charge on any atom is 0.0584 e. The third-order valence-electron chi connectivity index (χ3n) is 2.55. The van der Waals surface area contributed by atoms with Crippen molar-refractivity contribution in [1.29, 1.82) is 0 Å². The number of aliphatic hydroxyl groups excluding tert-OH is 1. The van der Waals surface area contributed by atoms with E-state index in [1.54, 1.807) is 0 Å². The van der Waals surface area contributed by atoms with Gasteiger partial charge in [0, 0.05) is 12.1 Å². The van der Waals surface area contributed by atoms with E-state index >= 15 is 0 Å². The van der Waals surface area contributed by atoms with Crippen LogP contribution in [0.3, 0.4) is 0 Å². The molecule has 0 radical (unpaired) electrons. The fourth-order valence-corrected chi connectivity index (χ4v) is 2.00. The summed E-state index contributed by atoms with van der Waals surface area (Å²) in [6.07, 6.45) is 3.92. The largest absolute Gasteiger partial charge is 0.395 e. The number of nitrogens with one attached hydrogen (secondary N) is 1. The van der Waals surface area contributed by atoms with Crippen molar-refractivity contribution in [2.45, 2.75) is 31.3 Å². The second-order valence-electron chi connectivity index (χ2n) is 3.32. The van der Waals surface area contributed by atoms with E-state index in [2.05, 4.69) is 5.32 Å². The standard InChI is InChI=1S/C7H13NO.ClH/c9-4-7-3-5-1-6(2-5)8-7;/h5-9H,1-4H2;1H. The van der Waals surface area contributed by atoms with Gasteiger partial charge in [0.15, 0.2) is 0 Å². The molecule has 0 spiro atoms. The molecule has 0 aromatic heterocycles. The number of rotatable bonds is 1. The molecule has 3 fully saturated rings. The maximum atomic E-state index is 8.77. The van der Waals surface area contributed by atoms with Crippen LogP contribution < -0.4 is 5.32 Å². The Bertz CT molecular complexity index is 104. The highest BCUT2D eigenvalue weighted by Gasteiger charge is 2.36. The third kappa shape index (κ3) is 1.29. The summed E-state index contributed by atoms with van der Waals surface area (Å²) in [6, 6.07) is 1.17. The fourth-order valence-electron chi connectivity index (χ4n) is 2.00. The molecule has 3 aliphatic rings. The Morgan fingerprint density at radius 3 is 2.30 bits per heavy atom. The summed E-state index contributed by atoms with van der Waals surface area (Å²) in [5, 5.41) is 12.1. The summed E-state index contributed by atoms with van der Waals surface area (Å²) < 4.78 is 0. The molecule has 3 rings (SSSR count). The summed E-state index contributed by atoms with van der Waals surface area (Å²) in [4.78, 5) is 0. The predicted octanol–water partition coefficient (Wildman–Crippen LogP) is 0.541. The Labute approximate surface area is 67.4 Å². The minimum absolute atomic E-state index is 0. The lowest BCUT2D eigenvalue weighted by molar-refractivity contribution is 0.0838. The first kappa shape index (κ1) is 8.31. The van der Waals surface area contributed by atoms with Crippen LogP contribution in [-0.4, -0.2) is 23.8 Å². The molecule has 2 heterocycles. The van der Waals surface area contributed by atoms with E-state index in [-0.39, 0.29) is 12.4 Å². The highest BCUT2D eigenvalue weighted by atomic mass is 35.5. The van der Waals surface area contributed by atoms with Gasteiger partial charge >= 0.3 is 0 Å². The highest BCUT2D eigenvalue weighted by molar-refractivity contribution is 5.85. The lowest BCUT2D eigenvalue weighted by Crippen LogP contribution is -2.55. The molecule has 2 saturated heterocycles. The smallest absolute Gasteiger partial charge is 0.0584 e. The zero-order valence-corrected chi connectivity index (χ0v) is 6.73. The van der Waals surface area contributed by atoms with Crippen molar-refractivity contribution in [2.24, 2.45) is 5.92 Å². The van der Waals surface area contributed by atoms with Gasteiger partial charge in [0.05, 0.1) is 6.61 Å². The van der Waals surface area contributed by atoms with Gasteiger partial charge in [-0.2, -0.15) is 0 Å². The van der Waals surface area contributed by atoms with Crippen molar-refractivity contribution in [2.75, 3.05) is 6.61 Å².